The largest absolute Gasteiger partial charge is 0.322 e. The number of pyridine rings is 1. The van der Waals surface area contributed by atoms with Crippen LogP contribution in [0.1, 0.15) is 71.1 Å². The third-order valence-corrected chi connectivity index (χ3v) is 5.13. The number of nitrogens with one attached hydrogen (secondary N) is 1. The molecular formula is C24H36FN3O. The maximum atomic E-state index is 12.4. The van der Waals surface area contributed by atoms with E-state index in [1.54, 1.807) is 19.2 Å². The monoisotopic (exact) mass is 401 g/mol. The van der Waals surface area contributed by atoms with Crippen LogP contribution in [-0.2, 0) is 0 Å². The first-order valence-electron chi connectivity index (χ1n) is 10.6. The number of amides is 2. The molecule has 0 aliphatic rings. The Kier molecular flexibility index (Phi) is 11.0. The van der Waals surface area contributed by atoms with Gasteiger partial charge in [0.25, 0.3) is 0 Å². The summed E-state index contributed by atoms with van der Waals surface area (Å²) in [6.45, 7) is 13.2. The van der Waals surface area contributed by atoms with Crippen LogP contribution in [-0.4, -0.2) is 28.5 Å². The minimum atomic E-state index is -0.243. The Morgan fingerprint density at radius 1 is 1.10 bits per heavy atom. The van der Waals surface area contributed by atoms with Crippen LogP contribution in [0.5, 0.6) is 0 Å². The molecule has 0 bridgehead atoms. The van der Waals surface area contributed by atoms with Gasteiger partial charge in [0.1, 0.15) is 5.82 Å². The van der Waals surface area contributed by atoms with E-state index in [9.17, 15) is 9.18 Å². The Morgan fingerprint density at radius 3 is 2.21 bits per heavy atom. The van der Waals surface area contributed by atoms with Crippen LogP contribution in [0.4, 0.5) is 14.9 Å². The molecule has 1 aromatic carbocycles. The third-order valence-electron chi connectivity index (χ3n) is 5.13. The van der Waals surface area contributed by atoms with E-state index in [4.69, 9.17) is 0 Å². The Labute approximate surface area is 175 Å². The lowest BCUT2D eigenvalue weighted by Gasteiger charge is -2.28. The predicted molar refractivity (Wildman–Crippen MR) is 120 cm³/mol. The lowest BCUT2D eigenvalue weighted by Crippen LogP contribution is -2.41. The van der Waals surface area contributed by atoms with Crippen molar-refractivity contribution in [1.29, 1.82) is 0 Å². The lowest BCUT2D eigenvalue weighted by molar-refractivity contribution is 0.191. The van der Waals surface area contributed by atoms with Crippen LogP contribution in [0.2, 0.25) is 0 Å². The molecular weight excluding hydrogens is 365 g/mol. The van der Waals surface area contributed by atoms with Crippen molar-refractivity contribution in [3.8, 4) is 0 Å². The van der Waals surface area contributed by atoms with Crippen molar-refractivity contribution in [2.24, 2.45) is 0 Å². The number of aromatic nitrogens is 1. The molecule has 5 heteroatoms. The number of rotatable bonds is 7. The highest BCUT2D eigenvalue weighted by molar-refractivity contribution is 5.89. The van der Waals surface area contributed by atoms with Crippen molar-refractivity contribution in [2.75, 3.05) is 11.9 Å². The topological polar surface area (TPSA) is 45.2 Å². The highest BCUT2D eigenvalue weighted by atomic mass is 19.1. The Hall–Kier alpha value is -2.43. The number of aryl methyl sites for hydroxylation is 1. The second-order valence-electron chi connectivity index (χ2n) is 7.38. The molecule has 0 spiro atoms. The van der Waals surface area contributed by atoms with E-state index in [1.807, 2.05) is 17.0 Å². The number of benzene rings is 1. The lowest BCUT2D eigenvalue weighted by atomic mass is 9.99. The number of carbonyl (C=O) groups is 1. The van der Waals surface area contributed by atoms with E-state index < -0.39 is 0 Å². The van der Waals surface area contributed by atoms with Gasteiger partial charge in [-0.25, -0.2) is 9.18 Å². The minimum Gasteiger partial charge on any atom is -0.322 e. The molecule has 2 unspecified atom stereocenters. The SMILES string of the molecule is CCCN(C(=O)Nc1ccc(C(C)CC)cc1)C(C)CC.Cc1ncccc1F. The van der Waals surface area contributed by atoms with Gasteiger partial charge in [0.05, 0.1) is 5.69 Å². The fourth-order valence-corrected chi connectivity index (χ4v) is 2.77. The average molecular weight is 402 g/mol. The highest BCUT2D eigenvalue weighted by Gasteiger charge is 2.17. The summed E-state index contributed by atoms with van der Waals surface area (Å²) < 4.78 is 12.3. The molecule has 0 saturated heterocycles. The van der Waals surface area contributed by atoms with Crippen LogP contribution in [0, 0.1) is 12.7 Å². The summed E-state index contributed by atoms with van der Waals surface area (Å²) in [5.41, 5.74) is 2.65. The molecule has 0 saturated carbocycles. The second kappa shape index (κ2) is 12.9. The fraction of sp³-hybridized carbons (Fsp3) is 0.500. The molecule has 2 atom stereocenters. The molecule has 2 aromatic rings. The summed E-state index contributed by atoms with van der Waals surface area (Å²) in [4.78, 5) is 18.0. The smallest absolute Gasteiger partial charge is 0.322 e. The van der Waals surface area contributed by atoms with Crippen LogP contribution in [0.3, 0.4) is 0 Å². The Bertz CT molecular complexity index is 712. The molecule has 0 aliphatic carbocycles. The quantitative estimate of drug-likeness (QED) is 0.556. The third kappa shape index (κ3) is 8.22. The first-order valence-corrected chi connectivity index (χ1v) is 10.6. The van der Waals surface area contributed by atoms with Crippen molar-refractivity contribution >= 4 is 11.7 Å². The van der Waals surface area contributed by atoms with Gasteiger partial charge in [0.15, 0.2) is 0 Å². The Balaban J connectivity index is 0.000000436. The molecule has 1 N–H and O–H groups in total. The van der Waals surface area contributed by atoms with Gasteiger partial charge in [-0.3, -0.25) is 4.98 Å². The fourth-order valence-electron chi connectivity index (χ4n) is 2.77. The molecule has 1 heterocycles. The summed E-state index contributed by atoms with van der Waals surface area (Å²) in [5, 5.41) is 3.01. The molecule has 29 heavy (non-hydrogen) atoms. The zero-order chi connectivity index (χ0) is 21.8. The number of halogens is 1. The molecule has 0 fully saturated rings. The normalized spacial score (nSPS) is 12.4. The van der Waals surface area contributed by atoms with Crippen LogP contribution >= 0.6 is 0 Å². The zero-order valence-corrected chi connectivity index (χ0v) is 18.7. The van der Waals surface area contributed by atoms with Gasteiger partial charge >= 0.3 is 6.03 Å². The van der Waals surface area contributed by atoms with Gasteiger partial charge in [-0.1, -0.05) is 39.8 Å². The van der Waals surface area contributed by atoms with E-state index in [-0.39, 0.29) is 17.9 Å². The standard InChI is InChI=1S/C18H30N2O.C6H6FN/c1-6-13-20(15(5)8-3)18(21)19-17-11-9-16(10-12-17)14(4)7-2;1-5-6(7)3-2-4-8-5/h9-12,14-15H,6-8,13H2,1-5H3,(H,19,21);2-4H,1H3. The molecule has 0 radical (unpaired) electrons. The molecule has 0 aliphatic heterocycles. The minimum absolute atomic E-state index is 0.00231. The summed E-state index contributed by atoms with van der Waals surface area (Å²) >= 11 is 0. The van der Waals surface area contributed by atoms with Crippen molar-refractivity contribution < 1.29 is 9.18 Å². The van der Waals surface area contributed by atoms with Gasteiger partial charge in [-0.15, -0.1) is 0 Å². The van der Waals surface area contributed by atoms with Crippen molar-refractivity contribution in [3.05, 3.63) is 59.7 Å². The summed E-state index contributed by atoms with van der Waals surface area (Å²) in [6, 6.07) is 11.5. The summed E-state index contributed by atoms with van der Waals surface area (Å²) in [5.74, 6) is 0.318. The highest BCUT2D eigenvalue weighted by Crippen LogP contribution is 2.21. The number of urea groups is 1. The van der Waals surface area contributed by atoms with Crippen LogP contribution < -0.4 is 5.32 Å². The maximum Gasteiger partial charge on any atom is 0.322 e. The Morgan fingerprint density at radius 2 is 1.76 bits per heavy atom. The van der Waals surface area contributed by atoms with E-state index in [2.05, 4.69) is 57.1 Å². The van der Waals surface area contributed by atoms with Gasteiger partial charge in [-0.05, 0) is 68.9 Å². The molecule has 160 valence electrons. The van der Waals surface area contributed by atoms with Gasteiger partial charge in [0, 0.05) is 24.5 Å². The number of carbonyl (C=O) groups excluding carboxylic acids is 1. The van der Waals surface area contributed by atoms with Crippen molar-refractivity contribution in [2.45, 2.75) is 72.8 Å². The first-order chi connectivity index (χ1) is 13.8. The number of hydrogen-bond acceptors (Lipinski definition) is 2. The zero-order valence-electron chi connectivity index (χ0n) is 18.7. The van der Waals surface area contributed by atoms with E-state index in [0.717, 1.165) is 31.5 Å². The summed E-state index contributed by atoms with van der Waals surface area (Å²) in [7, 11) is 0. The van der Waals surface area contributed by atoms with Crippen molar-refractivity contribution in [3.63, 3.8) is 0 Å². The van der Waals surface area contributed by atoms with Gasteiger partial charge in [-0.2, -0.15) is 0 Å². The van der Waals surface area contributed by atoms with Gasteiger partial charge in [0.2, 0.25) is 0 Å². The van der Waals surface area contributed by atoms with Crippen molar-refractivity contribution in [1.82, 2.24) is 9.88 Å². The van der Waals surface area contributed by atoms with E-state index in [1.165, 1.54) is 11.6 Å². The van der Waals surface area contributed by atoms with Gasteiger partial charge < -0.3 is 10.2 Å². The first kappa shape index (κ1) is 24.6. The number of hydrogen-bond donors (Lipinski definition) is 1. The summed E-state index contributed by atoms with van der Waals surface area (Å²) in [6.07, 6.45) is 4.65. The number of nitrogens with zero attached hydrogens (tertiary/aromatic N) is 2. The van der Waals surface area contributed by atoms with Crippen LogP contribution in [0.15, 0.2) is 42.6 Å². The van der Waals surface area contributed by atoms with Crippen LogP contribution in [0.25, 0.3) is 0 Å². The van der Waals surface area contributed by atoms with E-state index >= 15 is 0 Å². The average Bonchev–Trinajstić information content (AvgIpc) is 2.74. The molecule has 2 rings (SSSR count). The second-order valence-corrected chi connectivity index (χ2v) is 7.38. The number of anilines is 1. The molecule has 4 nitrogen and oxygen atoms in total. The molecule has 2 amide bonds. The van der Waals surface area contributed by atoms with E-state index in [0.29, 0.717) is 11.6 Å². The predicted octanol–water partition coefficient (Wildman–Crippen LogP) is 6.77. The molecule has 1 aromatic heterocycles. The maximum absolute atomic E-state index is 12.4.